The summed E-state index contributed by atoms with van der Waals surface area (Å²) in [5.41, 5.74) is 2.84. The van der Waals surface area contributed by atoms with Gasteiger partial charge in [0.2, 0.25) is 0 Å². The molecule has 0 aromatic carbocycles. The van der Waals surface area contributed by atoms with Crippen molar-refractivity contribution in [2.45, 2.75) is 64.8 Å². The van der Waals surface area contributed by atoms with Crippen LogP contribution in [0.1, 0.15) is 58.8 Å². The Bertz CT molecular complexity index is 85.0. The summed E-state index contributed by atoms with van der Waals surface area (Å²) in [6.45, 7) is 4.42. The topological polar surface area (TPSA) is 38.0 Å². The number of unbranched alkanes of at least 4 members (excludes halogenated alkanes) is 4. The van der Waals surface area contributed by atoms with Gasteiger partial charge in [-0.1, -0.05) is 46.0 Å². The highest BCUT2D eigenvalue weighted by molar-refractivity contribution is 5.85. The second kappa shape index (κ2) is 12.2. The molecule has 0 radical (unpaired) electrons. The van der Waals surface area contributed by atoms with E-state index in [-0.39, 0.29) is 12.4 Å². The summed E-state index contributed by atoms with van der Waals surface area (Å²) in [5.74, 6) is 5.37. The molecule has 1 atom stereocenters. The fraction of sp³-hybridized carbons (Fsp3) is 1.00. The predicted octanol–water partition coefficient (Wildman–Crippen LogP) is 3.01. The Hall–Kier alpha value is 0.210. The fourth-order valence-corrected chi connectivity index (χ4v) is 1.40. The summed E-state index contributed by atoms with van der Waals surface area (Å²) in [4.78, 5) is 0. The van der Waals surface area contributed by atoms with Gasteiger partial charge in [-0.3, -0.25) is 11.3 Å². The van der Waals surface area contributed by atoms with Crippen molar-refractivity contribution in [3.63, 3.8) is 0 Å². The lowest BCUT2D eigenvalue weighted by atomic mass is 10.1. The van der Waals surface area contributed by atoms with Crippen LogP contribution in [0.3, 0.4) is 0 Å². The van der Waals surface area contributed by atoms with Crippen LogP contribution in [0.4, 0.5) is 0 Å². The van der Waals surface area contributed by atoms with Gasteiger partial charge in [0.05, 0.1) is 0 Å². The van der Waals surface area contributed by atoms with E-state index in [9.17, 15) is 0 Å². The first-order valence-corrected chi connectivity index (χ1v) is 5.31. The molecule has 0 amide bonds. The third kappa shape index (κ3) is 10.1. The molecule has 0 aromatic heterocycles. The second-order valence-electron chi connectivity index (χ2n) is 3.47. The van der Waals surface area contributed by atoms with Gasteiger partial charge in [0.1, 0.15) is 0 Å². The highest BCUT2D eigenvalue weighted by Crippen LogP contribution is 2.08. The maximum Gasteiger partial charge on any atom is 0.0207 e. The third-order valence-electron chi connectivity index (χ3n) is 2.38. The largest absolute Gasteiger partial charge is 0.271 e. The van der Waals surface area contributed by atoms with E-state index < -0.39 is 0 Å². The molecular weight excluding hydrogens is 184 g/mol. The molecule has 0 saturated carbocycles. The lowest BCUT2D eigenvalue weighted by Gasteiger charge is -2.12. The normalized spacial score (nSPS) is 12.2. The lowest BCUT2D eigenvalue weighted by Crippen LogP contribution is -2.34. The molecule has 2 nitrogen and oxygen atoms in total. The van der Waals surface area contributed by atoms with Crippen LogP contribution < -0.4 is 11.3 Å². The van der Waals surface area contributed by atoms with Crippen molar-refractivity contribution in [1.29, 1.82) is 0 Å². The van der Waals surface area contributed by atoms with Crippen LogP contribution in [0.25, 0.3) is 0 Å². The van der Waals surface area contributed by atoms with Gasteiger partial charge >= 0.3 is 0 Å². The first kappa shape index (κ1) is 15.7. The number of rotatable bonds is 8. The Morgan fingerprint density at radius 3 is 2.15 bits per heavy atom. The van der Waals surface area contributed by atoms with Gasteiger partial charge in [0.15, 0.2) is 0 Å². The highest BCUT2D eigenvalue weighted by atomic mass is 35.5. The molecule has 3 heteroatoms. The van der Waals surface area contributed by atoms with Crippen LogP contribution in [0.2, 0.25) is 0 Å². The monoisotopic (exact) mass is 208 g/mol. The minimum Gasteiger partial charge on any atom is -0.271 e. The SMILES string of the molecule is CCCCCCCC(CC)NN.Cl. The predicted molar refractivity (Wildman–Crippen MR) is 62.0 cm³/mol. The summed E-state index contributed by atoms with van der Waals surface area (Å²) in [6, 6.07) is 0.534. The molecule has 13 heavy (non-hydrogen) atoms. The van der Waals surface area contributed by atoms with Crippen LogP contribution in [0.5, 0.6) is 0 Å². The Kier molecular flexibility index (Phi) is 14.7. The lowest BCUT2D eigenvalue weighted by molar-refractivity contribution is 0.453. The molecule has 1 unspecified atom stereocenters. The van der Waals surface area contributed by atoms with Crippen molar-refractivity contribution in [1.82, 2.24) is 5.43 Å². The summed E-state index contributed by atoms with van der Waals surface area (Å²) >= 11 is 0. The van der Waals surface area contributed by atoms with E-state index in [4.69, 9.17) is 5.84 Å². The average Bonchev–Trinajstić information content (AvgIpc) is 2.11. The average molecular weight is 209 g/mol. The van der Waals surface area contributed by atoms with E-state index in [1.54, 1.807) is 0 Å². The zero-order chi connectivity index (χ0) is 9.23. The number of hydrazine groups is 1. The van der Waals surface area contributed by atoms with E-state index in [2.05, 4.69) is 19.3 Å². The van der Waals surface area contributed by atoms with Crippen molar-refractivity contribution in [3.8, 4) is 0 Å². The van der Waals surface area contributed by atoms with E-state index >= 15 is 0 Å². The Balaban J connectivity index is 0. The van der Waals surface area contributed by atoms with Crippen LogP contribution >= 0.6 is 12.4 Å². The number of nitrogens with one attached hydrogen (secondary N) is 1. The highest BCUT2D eigenvalue weighted by Gasteiger charge is 2.01. The zero-order valence-corrected chi connectivity index (χ0v) is 9.83. The molecule has 0 aromatic rings. The molecule has 0 aliphatic carbocycles. The minimum absolute atomic E-state index is 0. The molecule has 0 aliphatic rings. The third-order valence-corrected chi connectivity index (χ3v) is 2.38. The Labute approximate surface area is 89.0 Å². The summed E-state index contributed by atoms with van der Waals surface area (Å²) < 4.78 is 0. The van der Waals surface area contributed by atoms with Crippen LogP contribution in [-0.2, 0) is 0 Å². The number of nitrogens with two attached hydrogens (primary N) is 1. The quantitative estimate of drug-likeness (QED) is 0.366. The van der Waals surface area contributed by atoms with Gasteiger partial charge in [0.25, 0.3) is 0 Å². The van der Waals surface area contributed by atoms with Gasteiger partial charge in [0, 0.05) is 6.04 Å². The molecule has 0 bridgehead atoms. The molecule has 82 valence electrons. The standard InChI is InChI=1S/C10H24N2.ClH/c1-3-5-6-7-8-9-10(4-2)12-11;/h10,12H,3-9,11H2,1-2H3;1H. The van der Waals surface area contributed by atoms with Gasteiger partial charge < -0.3 is 0 Å². The molecule has 0 fully saturated rings. The summed E-state index contributed by atoms with van der Waals surface area (Å²) in [5, 5.41) is 0. The molecule has 0 heterocycles. The van der Waals surface area contributed by atoms with Crippen molar-refractivity contribution >= 4 is 12.4 Å². The van der Waals surface area contributed by atoms with Gasteiger partial charge in [-0.05, 0) is 12.8 Å². The molecule has 0 aliphatic heterocycles. The van der Waals surface area contributed by atoms with Gasteiger partial charge in [-0.25, -0.2) is 0 Å². The minimum atomic E-state index is 0. The van der Waals surface area contributed by atoms with Crippen molar-refractivity contribution in [3.05, 3.63) is 0 Å². The maximum absolute atomic E-state index is 5.37. The van der Waals surface area contributed by atoms with Crippen molar-refractivity contribution in [2.75, 3.05) is 0 Å². The molecule has 0 saturated heterocycles. The molecule has 3 N–H and O–H groups in total. The van der Waals surface area contributed by atoms with Gasteiger partial charge in [-0.2, -0.15) is 0 Å². The number of halogens is 1. The first-order chi connectivity index (χ1) is 5.85. The van der Waals surface area contributed by atoms with E-state index in [1.165, 1.54) is 38.5 Å². The zero-order valence-electron chi connectivity index (χ0n) is 9.01. The second-order valence-corrected chi connectivity index (χ2v) is 3.47. The van der Waals surface area contributed by atoms with Crippen LogP contribution in [0, 0.1) is 0 Å². The summed E-state index contributed by atoms with van der Waals surface area (Å²) in [7, 11) is 0. The molecule has 0 rings (SSSR count). The van der Waals surface area contributed by atoms with Crippen LogP contribution in [0.15, 0.2) is 0 Å². The smallest absolute Gasteiger partial charge is 0.0207 e. The van der Waals surface area contributed by atoms with E-state index in [0.717, 1.165) is 6.42 Å². The fourth-order valence-electron chi connectivity index (χ4n) is 1.40. The van der Waals surface area contributed by atoms with Crippen molar-refractivity contribution in [2.24, 2.45) is 5.84 Å². The van der Waals surface area contributed by atoms with E-state index in [1.807, 2.05) is 0 Å². The number of hydrogen-bond acceptors (Lipinski definition) is 2. The number of hydrogen-bond donors (Lipinski definition) is 2. The van der Waals surface area contributed by atoms with Crippen LogP contribution in [-0.4, -0.2) is 6.04 Å². The molecule has 0 spiro atoms. The Morgan fingerprint density at radius 2 is 1.69 bits per heavy atom. The molecular formula is C10H25ClN2. The Morgan fingerprint density at radius 1 is 1.08 bits per heavy atom. The first-order valence-electron chi connectivity index (χ1n) is 5.31. The van der Waals surface area contributed by atoms with Crippen molar-refractivity contribution < 1.29 is 0 Å². The maximum atomic E-state index is 5.37. The summed E-state index contributed by atoms with van der Waals surface area (Å²) in [6.07, 6.45) is 9.16. The van der Waals surface area contributed by atoms with E-state index in [0.29, 0.717) is 6.04 Å². The van der Waals surface area contributed by atoms with Gasteiger partial charge in [-0.15, -0.1) is 12.4 Å².